The topological polar surface area (TPSA) is 102 Å². The summed E-state index contributed by atoms with van der Waals surface area (Å²) >= 11 is 0. The van der Waals surface area contributed by atoms with Gasteiger partial charge in [0.05, 0.1) is 30.0 Å². The number of amides is 2. The average molecular weight is 760 g/mol. The molecule has 7 nitrogen and oxygen atoms in total. The molecule has 0 aliphatic carbocycles. The third kappa shape index (κ3) is 13.7. The van der Waals surface area contributed by atoms with Gasteiger partial charge >= 0.3 is 18.4 Å². The number of urea groups is 1. The molecule has 1 fully saturated rings. The van der Waals surface area contributed by atoms with Crippen LogP contribution in [0.5, 0.6) is 0 Å². The second-order valence-corrected chi connectivity index (χ2v) is 12.6. The number of benzene rings is 4. The van der Waals surface area contributed by atoms with Crippen molar-refractivity contribution >= 4 is 29.0 Å². The number of hydrogen-bond acceptors (Lipinski definition) is 5. The van der Waals surface area contributed by atoms with Crippen LogP contribution >= 0.6 is 0 Å². The van der Waals surface area contributed by atoms with Crippen molar-refractivity contribution in [1.29, 1.82) is 0 Å². The van der Waals surface area contributed by atoms with E-state index in [1.165, 1.54) is 29.2 Å². The van der Waals surface area contributed by atoms with Crippen LogP contribution < -0.4 is 11.1 Å². The number of nitrogens with one attached hydrogen (secondary N) is 1. The minimum absolute atomic E-state index is 0. The molecular weight excluding hydrogens is 712 g/mol. The van der Waals surface area contributed by atoms with Crippen molar-refractivity contribution in [2.75, 3.05) is 37.4 Å². The van der Waals surface area contributed by atoms with E-state index in [-0.39, 0.29) is 69.0 Å². The molecule has 1 aliphatic heterocycles. The van der Waals surface area contributed by atoms with Gasteiger partial charge < -0.3 is 20.7 Å². The molecule has 13 heteroatoms. The number of alkyl halides is 6. The maximum Gasteiger partial charge on any atom is 0.418 e. The van der Waals surface area contributed by atoms with Crippen molar-refractivity contribution in [3.05, 3.63) is 129 Å². The molecule has 1 saturated heterocycles. The molecule has 292 valence electrons. The quantitative estimate of drug-likeness (QED) is 0.131. The summed E-state index contributed by atoms with van der Waals surface area (Å²) in [6.45, 7) is 5.16. The number of ether oxygens (including phenoxy) is 1. The van der Waals surface area contributed by atoms with E-state index in [1.807, 2.05) is 62.4 Å². The van der Waals surface area contributed by atoms with E-state index in [4.69, 9.17) is 10.5 Å². The number of aryl methyl sites for hydroxylation is 2. The van der Waals surface area contributed by atoms with E-state index >= 15 is 0 Å². The first-order chi connectivity index (χ1) is 24.5. The van der Waals surface area contributed by atoms with E-state index in [1.54, 1.807) is 0 Å². The van der Waals surface area contributed by atoms with Gasteiger partial charge in [0.25, 0.3) is 0 Å². The Morgan fingerprint density at radius 2 is 1.07 bits per heavy atom. The number of nitrogen functional groups attached to an aromatic ring is 1. The lowest BCUT2D eigenvalue weighted by molar-refractivity contribution is -0.137. The van der Waals surface area contributed by atoms with E-state index < -0.39 is 29.5 Å². The Balaban J connectivity index is 0.000000376. The summed E-state index contributed by atoms with van der Waals surface area (Å²) < 4.78 is 84.3. The van der Waals surface area contributed by atoms with E-state index in [0.29, 0.717) is 31.9 Å². The van der Waals surface area contributed by atoms with Gasteiger partial charge in [-0.3, -0.25) is 9.59 Å². The molecule has 0 atom stereocenters. The maximum atomic E-state index is 13.6. The summed E-state index contributed by atoms with van der Waals surface area (Å²) in [6.07, 6.45) is -8.99. The highest BCUT2D eigenvalue weighted by Crippen LogP contribution is 2.36. The van der Waals surface area contributed by atoms with Crippen molar-refractivity contribution in [2.24, 2.45) is 0 Å². The van der Waals surface area contributed by atoms with Crippen LogP contribution in [-0.2, 0) is 52.4 Å². The van der Waals surface area contributed by atoms with Crippen LogP contribution in [0.2, 0.25) is 0 Å². The summed E-state index contributed by atoms with van der Waals surface area (Å²) in [5, 5.41) is 2.34. The fourth-order valence-electron chi connectivity index (χ4n) is 5.64. The first-order valence-electron chi connectivity index (χ1n) is 16.4. The van der Waals surface area contributed by atoms with Gasteiger partial charge in [0.15, 0.2) is 0 Å². The van der Waals surface area contributed by atoms with E-state index in [9.17, 15) is 40.7 Å². The molecule has 1 aliphatic rings. The Labute approximate surface area is 312 Å². The van der Waals surface area contributed by atoms with Gasteiger partial charge in [-0.2, -0.15) is 26.3 Å². The van der Waals surface area contributed by atoms with Crippen LogP contribution in [0, 0.1) is 13.8 Å². The fourth-order valence-corrected chi connectivity index (χ4v) is 5.64. The number of nitrogens with zero attached hydrogens (tertiary/aromatic N) is 1. The Morgan fingerprint density at radius 1 is 0.648 bits per heavy atom. The Morgan fingerprint density at radius 3 is 1.52 bits per heavy atom. The molecule has 0 saturated carbocycles. The van der Waals surface area contributed by atoms with Crippen LogP contribution in [0.4, 0.5) is 42.5 Å². The maximum absolute atomic E-state index is 13.6. The SMILES string of the molecule is C.C.Cc1cccc(CC(=O)Cc2ccc(N)c(C(F)(F)F)c2)c1.Cc1cccc(CC(=O)Cc2ccc(NC(=O)N3CCOCC3)c(C(F)(F)F)c2)c1. The Kier molecular flexibility index (Phi) is 16.5. The molecule has 1 heterocycles. The van der Waals surface area contributed by atoms with Crippen molar-refractivity contribution < 1.29 is 45.5 Å². The highest BCUT2D eigenvalue weighted by molar-refractivity contribution is 5.91. The molecule has 2 amide bonds. The summed E-state index contributed by atoms with van der Waals surface area (Å²) in [6, 6.07) is 21.5. The van der Waals surface area contributed by atoms with Crippen molar-refractivity contribution in [3.8, 4) is 0 Å². The third-order valence-electron chi connectivity index (χ3n) is 8.12. The molecule has 5 rings (SSSR count). The summed E-state index contributed by atoms with van der Waals surface area (Å²) in [5.41, 5.74) is 7.13. The number of hydrogen-bond donors (Lipinski definition) is 2. The number of carbonyl (C=O) groups is 3. The molecule has 0 radical (unpaired) electrons. The molecule has 0 unspecified atom stereocenters. The largest absolute Gasteiger partial charge is 0.418 e. The standard InChI is InChI=1S/C22H23F3N2O3.C17H16F3NO.2CH4/c1-15-3-2-4-16(11-15)12-18(28)13-17-5-6-20(19(14-17)22(23,24)25)26-21(29)27-7-9-30-10-8-27;1-11-3-2-4-12(7-11)8-14(22)9-13-5-6-16(21)15(10-13)17(18,19)20;;/h2-6,11,14H,7-10,12-13H2,1H3,(H,26,29);2-7,10H,8-9,21H2,1H3;2*1H4. The number of Topliss-reactive ketones (excluding diaryl/α,β-unsaturated/α-hetero) is 2. The molecular formula is C41H47F6N3O4. The monoisotopic (exact) mass is 759 g/mol. The zero-order valence-electron chi connectivity index (χ0n) is 28.7. The Bertz CT molecular complexity index is 1890. The number of anilines is 2. The highest BCUT2D eigenvalue weighted by Gasteiger charge is 2.35. The van der Waals surface area contributed by atoms with Crippen LogP contribution in [0.15, 0.2) is 84.9 Å². The van der Waals surface area contributed by atoms with Crippen molar-refractivity contribution in [3.63, 3.8) is 0 Å². The number of halogens is 6. The number of ketones is 2. The van der Waals surface area contributed by atoms with Crippen molar-refractivity contribution in [1.82, 2.24) is 4.90 Å². The van der Waals surface area contributed by atoms with Gasteiger partial charge in [-0.05, 0) is 60.4 Å². The highest BCUT2D eigenvalue weighted by atomic mass is 19.4. The zero-order valence-corrected chi connectivity index (χ0v) is 28.7. The molecule has 54 heavy (non-hydrogen) atoms. The third-order valence-corrected chi connectivity index (χ3v) is 8.12. The van der Waals surface area contributed by atoms with Crippen LogP contribution in [0.25, 0.3) is 0 Å². The van der Waals surface area contributed by atoms with Crippen LogP contribution in [0.3, 0.4) is 0 Å². The normalized spacial score (nSPS) is 12.7. The molecule has 0 bridgehead atoms. The first-order valence-corrected chi connectivity index (χ1v) is 16.4. The van der Waals surface area contributed by atoms with Crippen LogP contribution in [0.1, 0.15) is 59.4 Å². The van der Waals surface area contributed by atoms with Crippen LogP contribution in [-0.4, -0.2) is 48.8 Å². The summed E-state index contributed by atoms with van der Waals surface area (Å²) in [5.74, 6) is -0.317. The van der Waals surface area contributed by atoms with Crippen molar-refractivity contribution in [2.45, 2.75) is 66.7 Å². The predicted molar refractivity (Wildman–Crippen MR) is 199 cm³/mol. The lowest BCUT2D eigenvalue weighted by Gasteiger charge is -2.27. The number of nitrogens with two attached hydrogens (primary N) is 1. The van der Waals surface area contributed by atoms with Gasteiger partial charge in [0, 0.05) is 44.5 Å². The molecule has 0 aromatic heterocycles. The predicted octanol–water partition coefficient (Wildman–Crippen LogP) is 9.45. The van der Waals surface area contributed by atoms with Gasteiger partial charge in [-0.15, -0.1) is 0 Å². The summed E-state index contributed by atoms with van der Waals surface area (Å²) in [7, 11) is 0. The number of rotatable bonds is 9. The molecule has 4 aromatic carbocycles. The number of carbonyl (C=O) groups excluding carboxylic acids is 3. The second-order valence-electron chi connectivity index (χ2n) is 12.6. The minimum Gasteiger partial charge on any atom is -0.398 e. The zero-order chi connectivity index (χ0) is 38.1. The van der Waals surface area contributed by atoms with E-state index in [2.05, 4.69) is 5.32 Å². The molecule has 0 spiro atoms. The minimum atomic E-state index is -4.66. The van der Waals surface area contributed by atoms with Gasteiger partial charge in [-0.1, -0.05) is 86.6 Å². The fraction of sp³-hybridized carbons (Fsp3) is 0.341. The average Bonchev–Trinajstić information content (AvgIpc) is 3.06. The Hall–Kier alpha value is -5.17. The van der Waals surface area contributed by atoms with E-state index in [0.717, 1.165) is 34.4 Å². The molecule has 3 N–H and O–H groups in total. The number of morpholine rings is 1. The molecule has 4 aromatic rings. The summed E-state index contributed by atoms with van der Waals surface area (Å²) in [4.78, 5) is 38.1. The van der Waals surface area contributed by atoms with Gasteiger partial charge in [0.1, 0.15) is 11.6 Å². The smallest absolute Gasteiger partial charge is 0.398 e. The second kappa shape index (κ2) is 19.8. The van der Waals surface area contributed by atoms with Gasteiger partial charge in [-0.25, -0.2) is 4.79 Å². The lowest BCUT2D eigenvalue weighted by Crippen LogP contribution is -2.43. The van der Waals surface area contributed by atoms with Gasteiger partial charge in [0.2, 0.25) is 0 Å². The lowest BCUT2D eigenvalue weighted by atomic mass is 9.99. The first kappa shape index (κ1) is 45.0.